The minimum absolute atomic E-state index is 0.0110. The van der Waals surface area contributed by atoms with Gasteiger partial charge < -0.3 is 4.79 Å². The Balaban J connectivity index is 2.16. The number of carbonyl (C=O) groups is 1. The van der Waals surface area contributed by atoms with Crippen molar-refractivity contribution in [1.82, 2.24) is 0 Å². The molecule has 0 aliphatic heterocycles. The van der Waals surface area contributed by atoms with Crippen LogP contribution in [0.4, 0.5) is 0 Å². The van der Waals surface area contributed by atoms with E-state index in [9.17, 15) is 4.79 Å². The van der Waals surface area contributed by atoms with E-state index in [2.05, 4.69) is 75.4 Å². The zero-order valence-electron chi connectivity index (χ0n) is 14.6. The largest absolute Gasteiger partial charge is 0.303 e. The minimum Gasteiger partial charge on any atom is -0.303 e. The normalized spacial score (nSPS) is 15.6. The van der Waals surface area contributed by atoms with Crippen molar-refractivity contribution in [2.24, 2.45) is 5.41 Å². The predicted molar refractivity (Wildman–Crippen MR) is 99.8 cm³/mol. The van der Waals surface area contributed by atoms with Gasteiger partial charge in [-0.25, -0.2) is 0 Å². The highest BCUT2D eigenvalue weighted by Gasteiger charge is 2.20. The summed E-state index contributed by atoms with van der Waals surface area (Å²) in [7, 11) is 0. The molecule has 0 radical (unpaired) electrons. The van der Waals surface area contributed by atoms with E-state index < -0.39 is 0 Å². The Morgan fingerprint density at radius 1 is 1.13 bits per heavy atom. The molecule has 2 rings (SSSR count). The topological polar surface area (TPSA) is 17.1 Å². The number of carbonyl (C=O) groups excluding carboxylic acids is 1. The summed E-state index contributed by atoms with van der Waals surface area (Å²) in [5, 5.41) is 2.56. The second-order valence-corrected chi connectivity index (χ2v) is 6.88. The van der Waals surface area contributed by atoms with Gasteiger partial charge in [-0.1, -0.05) is 88.2 Å². The Morgan fingerprint density at radius 3 is 2.57 bits per heavy atom. The van der Waals surface area contributed by atoms with Crippen LogP contribution in [-0.4, -0.2) is 6.29 Å². The molecule has 0 saturated carbocycles. The van der Waals surface area contributed by atoms with E-state index in [0.717, 1.165) is 12.7 Å². The summed E-state index contributed by atoms with van der Waals surface area (Å²) < 4.78 is 0. The lowest BCUT2D eigenvalue weighted by Gasteiger charge is -2.24. The molecule has 23 heavy (non-hydrogen) atoms. The fraction of sp³-hybridized carbons (Fsp3) is 0.409. The first kappa shape index (κ1) is 17.5. The Bertz CT molecular complexity index is 670. The number of hydrogen-bond acceptors (Lipinski definition) is 1. The molecule has 0 saturated heterocycles. The SMILES string of the molecule is CCCC[C@@](C)(/C=C/[C@H](C)c1ccc2ccccc2c1)CC=O. The molecule has 0 bridgehead atoms. The molecule has 0 aliphatic rings. The van der Waals surface area contributed by atoms with Crippen LogP contribution in [0.5, 0.6) is 0 Å². The monoisotopic (exact) mass is 308 g/mol. The van der Waals surface area contributed by atoms with Gasteiger partial charge >= 0.3 is 0 Å². The van der Waals surface area contributed by atoms with Crippen molar-refractivity contribution in [2.45, 2.75) is 52.4 Å². The average molecular weight is 308 g/mol. The van der Waals surface area contributed by atoms with Crippen molar-refractivity contribution in [1.29, 1.82) is 0 Å². The molecular weight excluding hydrogens is 280 g/mol. The summed E-state index contributed by atoms with van der Waals surface area (Å²) in [6, 6.07) is 15.1. The third-order valence-electron chi connectivity index (χ3n) is 4.74. The van der Waals surface area contributed by atoms with Gasteiger partial charge in [0.15, 0.2) is 0 Å². The average Bonchev–Trinajstić information content (AvgIpc) is 2.58. The Hall–Kier alpha value is -1.89. The minimum atomic E-state index is -0.0110. The highest BCUT2D eigenvalue weighted by Crippen LogP contribution is 2.31. The van der Waals surface area contributed by atoms with Crippen molar-refractivity contribution < 1.29 is 4.79 Å². The van der Waals surface area contributed by atoms with Crippen LogP contribution in [0.25, 0.3) is 10.8 Å². The molecule has 2 aromatic carbocycles. The highest BCUT2D eigenvalue weighted by molar-refractivity contribution is 5.83. The van der Waals surface area contributed by atoms with Gasteiger partial charge in [-0.05, 0) is 34.1 Å². The first-order valence-corrected chi connectivity index (χ1v) is 8.69. The van der Waals surface area contributed by atoms with Crippen LogP contribution in [0.15, 0.2) is 54.6 Å². The number of allylic oxidation sites excluding steroid dienone is 2. The van der Waals surface area contributed by atoms with E-state index in [1.807, 2.05) is 0 Å². The quantitative estimate of drug-likeness (QED) is 0.414. The molecule has 1 nitrogen and oxygen atoms in total. The van der Waals surface area contributed by atoms with Crippen molar-refractivity contribution in [3.63, 3.8) is 0 Å². The van der Waals surface area contributed by atoms with Crippen LogP contribution in [0.1, 0.15) is 57.9 Å². The Morgan fingerprint density at radius 2 is 1.87 bits per heavy atom. The fourth-order valence-electron chi connectivity index (χ4n) is 3.00. The van der Waals surface area contributed by atoms with Gasteiger partial charge in [0.2, 0.25) is 0 Å². The molecule has 0 aliphatic carbocycles. The zero-order valence-corrected chi connectivity index (χ0v) is 14.6. The van der Waals surface area contributed by atoms with Gasteiger partial charge in [-0.15, -0.1) is 0 Å². The summed E-state index contributed by atoms with van der Waals surface area (Å²) >= 11 is 0. The lowest BCUT2D eigenvalue weighted by Crippen LogP contribution is -2.14. The fourth-order valence-corrected chi connectivity index (χ4v) is 3.00. The number of unbranched alkanes of at least 4 members (excludes halogenated alkanes) is 1. The van der Waals surface area contributed by atoms with Crippen molar-refractivity contribution >= 4 is 17.1 Å². The number of fused-ring (bicyclic) bond motifs is 1. The van der Waals surface area contributed by atoms with Gasteiger partial charge in [-0.3, -0.25) is 0 Å². The van der Waals surface area contributed by atoms with Crippen molar-refractivity contribution in [3.05, 3.63) is 60.2 Å². The van der Waals surface area contributed by atoms with Gasteiger partial charge in [-0.2, -0.15) is 0 Å². The molecule has 0 spiro atoms. The van der Waals surface area contributed by atoms with E-state index in [0.29, 0.717) is 12.3 Å². The molecular formula is C22H28O. The van der Waals surface area contributed by atoms with Crippen LogP contribution in [0.2, 0.25) is 0 Å². The maximum absolute atomic E-state index is 11.0. The molecule has 1 heteroatoms. The van der Waals surface area contributed by atoms with E-state index in [1.165, 1.54) is 29.2 Å². The summed E-state index contributed by atoms with van der Waals surface area (Å²) in [6.07, 6.45) is 9.60. The van der Waals surface area contributed by atoms with E-state index >= 15 is 0 Å². The van der Waals surface area contributed by atoms with Gasteiger partial charge in [0, 0.05) is 6.42 Å². The lowest BCUT2D eigenvalue weighted by atomic mass is 9.80. The molecule has 2 atom stereocenters. The number of aldehydes is 1. The molecule has 0 N–H and O–H groups in total. The highest BCUT2D eigenvalue weighted by atomic mass is 16.1. The second-order valence-electron chi connectivity index (χ2n) is 6.88. The van der Waals surface area contributed by atoms with Crippen molar-refractivity contribution in [3.8, 4) is 0 Å². The van der Waals surface area contributed by atoms with Crippen LogP contribution in [0.3, 0.4) is 0 Å². The third-order valence-corrected chi connectivity index (χ3v) is 4.74. The van der Waals surface area contributed by atoms with Crippen LogP contribution >= 0.6 is 0 Å². The smallest absolute Gasteiger partial charge is 0.120 e. The standard InChI is InChI=1S/C22H28O/c1-4-5-13-22(3,15-16-23)14-12-18(2)20-11-10-19-8-6-7-9-21(19)17-20/h6-12,14,16-18H,4-5,13,15H2,1-3H3/b14-12+/t18-,22-/m0/s1. The summed E-state index contributed by atoms with van der Waals surface area (Å²) in [4.78, 5) is 11.0. The van der Waals surface area contributed by atoms with Crippen LogP contribution < -0.4 is 0 Å². The van der Waals surface area contributed by atoms with Crippen LogP contribution in [-0.2, 0) is 4.79 Å². The molecule has 0 aromatic heterocycles. The van der Waals surface area contributed by atoms with Crippen LogP contribution in [0, 0.1) is 5.41 Å². The first-order valence-electron chi connectivity index (χ1n) is 8.69. The second kappa shape index (κ2) is 8.10. The molecule has 0 heterocycles. The molecule has 2 aromatic rings. The van der Waals surface area contributed by atoms with Gasteiger partial charge in [0.1, 0.15) is 6.29 Å². The Labute approximate surface area is 140 Å². The van der Waals surface area contributed by atoms with Gasteiger partial charge in [0.25, 0.3) is 0 Å². The molecule has 122 valence electrons. The summed E-state index contributed by atoms with van der Waals surface area (Å²) in [5.41, 5.74) is 1.31. The number of rotatable bonds is 8. The van der Waals surface area contributed by atoms with Gasteiger partial charge in [0.05, 0.1) is 0 Å². The van der Waals surface area contributed by atoms with E-state index in [4.69, 9.17) is 0 Å². The maximum atomic E-state index is 11.0. The summed E-state index contributed by atoms with van der Waals surface area (Å²) in [5.74, 6) is 0.354. The predicted octanol–water partition coefficient (Wildman–Crippen LogP) is 6.29. The Kier molecular flexibility index (Phi) is 6.15. The number of hydrogen-bond donors (Lipinski definition) is 0. The summed E-state index contributed by atoms with van der Waals surface area (Å²) in [6.45, 7) is 6.62. The lowest BCUT2D eigenvalue weighted by molar-refractivity contribution is -0.109. The molecule has 0 fully saturated rings. The van der Waals surface area contributed by atoms with E-state index in [1.54, 1.807) is 0 Å². The van der Waals surface area contributed by atoms with E-state index in [-0.39, 0.29) is 5.41 Å². The third kappa shape index (κ3) is 4.79. The zero-order chi connectivity index (χ0) is 16.7. The molecule has 0 unspecified atom stereocenters. The number of benzene rings is 2. The first-order chi connectivity index (χ1) is 11.1. The maximum Gasteiger partial charge on any atom is 0.120 e. The van der Waals surface area contributed by atoms with Crippen molar-refractivity contribution in [2.75, 3.05) is 0 Å². The molecule has 0 amide bonds.